The average Bonchev–Trinajstić information content (AvgIpc) is 2.15. The number of hydrogen-bond acceptors (Lipinski definition) is 1. The van der Waals surface area contributed by atoms with Crippen molar-refractivity contribution in [1.29, 1.82) is 0 Å². The molecule has 0 fully saturated rings. The summed E-state index contributed by atoms with van der Waals surface area (Å²) in [5.41, 5.74) is 2.43. The quantitative estimate of drug-likeness (QED) is 0.712. The van der Waals surface area contributed by atoms with Crippen LogP contribution in [0.1, 0.15) is 18.1 Å². The van der Waals surface area contributed by atoms with Gasteiger partial charge in [-0.15, -0.1) is 0 Å². The first-order chi connectivity index (χ1) is 7.32. The molecule has 1 atom stereocenters. The molecule has 1 aromatic carbocycles. The number of ether oxygens (including phenoxy) is 1. The number of benzene rings is 1. The van der Waals surface area contributed by atoms with Gasteiger partial charge in [-0.25, -0.2) is 0 Å². The number of likely N-dealkylation sites (N-methyl/N-ethyl adjacent to an activating group) is 1. The molecule has 0 aliphatic heterocycles. The zero-order valence-corrected chi connectivity index (χ0v) is 11.4. The maximum atomic E-state index is 5.94. The van der Waals surface area contributed by atoms with Gasteiger partial charge in [-0.1, -0.05) is 18.2 Å². The minimum absolute atomic E-state index is 0.485. The Morgan fingerprint density at radius 3 is 2.06 bits per heavy atom. The van der Waals surface area contributed by atoms with Gasteiger partial charge < -0.3 is 9.22 Å². The summed E-state index contributed by atoms with van der Waals surface area (Å²) < 4.78 is 6.86. The Labute approximate surface area is 99.4 Å². The van der Waals surface area contributed by atoms with E-state index in [1.165, 1.54) is 11.1 Å². The van der Waals surface area contributed by atoms with Gasteiger partial charge in [-0.3, -0.25) is 0 Å². The van der Waals surface area contributed by atoms with Crippen molar-refractivity contribution in [3.05, 3.63) is 29.3 Å². The lowest BCUT2D eigenvalue weighted by molar-refractivity contribution is -0.894. The van der Waals surface area contributed by atoms with Gasteiger partial charge in [0.2, 0.25) is 0 Å². The number of nitrogens with zero attached hydrogens (tertiary/aromatic N) is 1. The molecule has 1 rings (SSSR count). The maximum absolute atomic E-state index is 5.94. The van der Waals surface area contributed by atoms with E-state index in [0.717, 1.165) is 16.8 Å². The van der Waals surface area contributed by atoms with E-state index in [4.69, 9.17) is 4.74 Å². The Balaban J connectivity index is 2.69. The van der Waals surface area contributed by atoms with Crippen LogP contribution in [0.2, 0.25) is 0 Å². The molecule has 0 heterocycles. The molecule has 0 saturated carbocycles. The van der Waals surface area contributed by atoms with E-state index in [9.17, 15) is 0 Å². The molecule has 0 aliphatic carbocycles. The molecule has 0 N–H and O–H groups in total. The van der Waals surface area contributed by atoms with Gasteiger partial charge in [-0.2, -0.15) is 0 Å². The predicted molar refractivity (Wildman–Crippen MR) is 68.9 cm³/mol. The van der Waals surface area contributed by atoms with Crippen molar-refractivity contribution in [2.45, 2.75) is 26.8 Å². The Kier molecular flexibility index (Phi) is 3.98. The molecule has 0 amide bonds. The third kappa shape index (κ3) is 3.24. The van der Waals surface area contributed by atoms with Crippen LogP contribution in [0.4, 0.5) is 0 Å². The van der Waals surface area contributed by atoms with Gasteiger partial charge in [0, 0.05) is 0 Å². The molecule has 2 heteroatoms. The molecule has 0 aromatic heterocycles. The van der Waals surface area contributed by atoms with Crippen LogP contribution >= 0.6 is 0 Å². The molecule has 0 saturated heterocycles. The Morgan fingerprint density at radius 1 is 1.12 bits per heavy atom. The second-order valence-electron chi connectivity index (χ2n) is 5.50. The topological polar surface area (TPSA) is 9.23 Å². The van der Waals surface area contributed by atoms with Crippen LogP contribution in [-0.2, 0) is 0 Å². The van der Waals surface area contributed by atoms with E-state index in [0.29, 0.717) is 6.04 Å². The first-order valence-electron chi connectivity index (χ1n) is 5.82. The molecule has 1 unspecified atom stereocenters. The van der Waals surface area contributed by atoms with Crippen molar-refractivity contribution in [2.75, 3.05) is 27.7 Å². The highest BCUT2D eigenvalue weighted by molar-refractivity contribution is 5.39. The fourth-order valence-corrected chi connectivity index (χ4v) is 1.45. The van der Waals surface area contributed by atoms with Crippen molar-refractivity contribution in [2.24, 2.45) is 0 Å². The summed E-state index contributed by atoms with van der Waals surface area (Å²) in [4.78, 5) is 0. The standard InChI is InChI=1S/C14H24NO/c1-11-8-7-9-12(2)14(11)16-10-13(3)15(4,5)6/h7-9,13H,10H2,1-6H3/q+1. The van der Waals surface area contributed by atoms with Gasteiger partial charge in [0.05, 0.1) is 21.1 Å². The van der Waals surface area contributed by atoms with Gasteiger partial charge >= 0.3 is 0 Å². The third-order valence-electron chi connectivity index (χ3n) is 3.20. The number of hydrogen-bond donors (Lipinski definition) is 0. The number of aryl methyl sites for hydroxylation is 2. The monoisotopic (exact) mass is 222 g/mol. The summed E-state index contributed by atoms with van der Waals surface area (Å²) >= 11 is 0. The SMILES string of the molecule is Cc1cccc(C)c1OCC(C)[N+](C)(C)C. The van der Waals surface area contributed by atoms with Crippen molar-refractivity contribution >= 4 is 0 Å². The van der Waals surface area contributed by atoms with E-state index in [-0.39, 0.29) is 0 Å². The van der Waals surface area contributed by atoms with Gasteiger partial charge in [0.15, 0.2) is 0 Å². The Morgan fingerprint density at radius 2 is 1.62 bits per heavy atom. The molecular formula is C14H24NO+. The van der Waals surface area contributed by atoms with Gasteiger partial charge in [0.1, 0.15) is 18.4 Å². The number of quaternary nitrogens is 1. The Bertz CT molecular complexity index is 332. The molecule has 0 spiro atoms. The molecule has 0 radical (unpaired) electrons. The summed E-state index contributed by atoms with van der Waals surface area (Å²) in [7, 11) is 6.58. The molecule has 2 nitrogen and oxygen atoms in total. The zero-order valence-electron chi connectivity index (χ0n) is 11.4. The van der Waals surface area contributed by atoms with E-state index >= 15 is 0 Å². The Hall–Kier alpha value is -1.02. The molecule has 1 aromatic rings. The highest BCUT2D eigenvalue weighted by atomic mass is 16.5. The number of rotatable bonds is 4. The largest absolute Gasteiger partial charge is 0.487 e. The first kappa shape index (κ1) is 13.0. The smallest absolute Gasteiger partial charge is 0.140 e. The van der Waals surface area contributed by atoms with Crippen molar-refractivity contribution in [1.82, 2.24) is 0 Å². The molecular weight excluding hydrogens is 198 g/mol. The van der Waals surface area contributed by atoms with Crippen molar-refractivity contribution in [3.8, 4) is 5.75 Å². The van der Waals surface area contributed by atoms with Gasteiger partial charge in [0.25, 0.3) is 0 Å². The van der Waals surface area contributed by atoms with E-state index in [2.05, 4.69) is 60.1 Å². The summed E-state index contributed by atoms with van der Waals surface area (Å²) in [5.74, 6) is 1.04. The minimum atomic E-state index is 0.485. The van der Waals surface area contributed by atoms with E-state index < -0.39 is 0 Å². The van der Waals surface area contributed by atoms with Crippen LogP contribution in [0.15, 0.2) is 18.2 Å². The summed E-state index contributed by atoms with van der Waals surface area (Å²) in [5, 5.41) is 0. The third-order valence-corrected chi connectivity index (χ3v) is 3.20. The molecule has 0 bridgehead atoms. The summed E-state index contributed by atoms with van der Waals surface area (Å²) in [6, 6.07) is 6.75. The van der Waals surface area contributed by atoms with Crippen molar-refractivity contribution in [3.63, 3.8) is 0 Å². The lowest BCUT2D eigenvalue weighted by Gasteiger charge is -2.31. The van der Waals surface area contributed by atoms with Crippen LogP contribution in [-0.4, -0.2) is 38.3 Å². The summed E-state index contributed by atoms with van der Waals surface area (Å²) in [6.07, 6.45) is 0. The van der Waals surface area contributed by atoms with Gasteiger partial charge in [-0.05, 0) is 31.9 Å². The number of para-hydroxylation sites is 1. The fraction of sp³-hybridized carbons (Fsp3) is 0.571. The van der Waals surface area contributed by atoms with Crippen LogP contribution in [0.5, 0.6) is 5.75 Å². The maximum Gasteiger partial charge on any atom is 0.140 e. The van der Waals surface area contributed by atoms with Crippen LogP contribution in [0, 0.1) is 13.8 Å². The molecule has 16 heavy (non-hydrogen) atoms. The second kappa shape index (κ2) is 4.88. The highest BCUT2D eigenvalue weighted by Gasteiger charge is 2.19. The zero-order chi connectivity index (χ0) is 12.3. The normalized spacial score (nSPS) is 13.6. The van der Waals surface area contributed by atoms with Crippen LogP contribution < -0.4 is 4.74 Å². The van der Waals surface area contributed by atoms with E-state index in [1.807, 2.05) is 0 Å². The lowest BCUT2D eigenvalue weighted by atomic mass is 10.1. The predicted octanol–water partition coefficient (Wildman–Crippen LogP) is 2.78. The van der Waals surface area contributed by atoms with Crippen LogP contribution in [0.25, 0.3) is 0 Å². The molecule has 90 valence electrons. The fourth-order valence-electron chi connectivity index (χ4n) is 1.45. The average molecular weight is 222 g/mol. The first-order valence-corrected chi connectivity index (χ1v) is 5.82. The van der Waals surface area contributed by atoms with Crippen molar-refractivity contribution < 1.29 is 9.22 Å². The lowest BCUT2D eigenvalue weighted by Crippen LogP contribution is -2.46. The molecule has 0 aliphatic rings. The minimum Gasteiger partial charge on any atom is -0.487 e. The van der Waals surface area contributed by atoms with Crippen LogP contribution in [0.3, 0.4) is 0 Å². The van der Waals surface area contributed by atoms with E-state index in [1.54, 1.807) is 0 Å². The summed E-state index contributed by atoms with van der Waals surface area (Å²) in [6.45, 7) is 7.17. The highest BCUT2D eigenvalue weighted by Crippen LogP contribution is 2.22. The second-order valence-corrected chi connectivity index (χ2v) is 5.50.